The maximum Gasteiger partial charge on any atom is 0.431 e. The monoisotopic (exact) mass is 485 g/mol. The van der Waals surface area contributed by atoms with Crippen LogP contribution in [0.15, 0.2) is 52.7 Å². The van der Waals surface area contributed by atoms with E-state index in [1.54, 1.807) is 6.08 Å². The second-order valence-corrected chi connectivity index (χ2v) is 10.7. The Kier molecular flexibility index (Phi) is 4.78. The number of rotatable bonds is 5. The van der Waals surface area contributed by atoms with Gasteiger partial charge < -0.3 is 0 Å². The van der Waals surface area contributed by atoms with E-state index in [0.29, 0.717) is 19.3 Å². The highest BCUT2D eigenvalue weighted by molar-refractivity contribution is 7.88. The molecule has 0 amide bonds. The van der Waals surface area contributed by atoms with Crippen LogP contribution in [0.1, 0.15) is 25.7 Å². The zero-order chi connectivity index (χ0) is 23.8. The fraction of sp³-hybridized carbons (Fsp3) is 0.500. The third-order valence-electron chi connectivity index (χ3n) is 7.38. The summed E-state index contributed by atoms with van der Waals surface area (Å²) in [4.78, 5) is 29.7. The molecule has 6 nitrogen and oxygen atoms in total. The van der Waals surface area contributed by atoms with Gasteiger partial charge in [0.1, 0.15) is 5.41 Å². The predicted octanol–water partition coefficient (Wildman–Crippen LogP) is 3.52. The Morgan fingerprint density at radius 2 is 1.82 bits per heavy atom. The van der Waals surface area contributed by atoms with Gasteiger partial charge >= 0.3 is 21.3 Å². The molecular weight excluding hydrogens is 466 g/mol. The maximum absolute atomic E-state index is 14.9. The Balaban J connectivity index is 1.48. The van der Waals surface area contributed by atoms with Crippen molar-refractivity contribution in [1.82, 2.24) is 0 Å². The number of carbonyl (C=O) groups is 2. The van der Waals surface area contributed by atoms with Gasteiger partial charge in [0.15, 0.2) is 17.7 Å². The van der Waals surface area contributed by atoms with Gasteiger partial charge in [-0.05, 0) is 48.3 Å². The van der Waals surface area contributed by atoms with Crippen molar-refractivity contribution in [3.63, 3.8) is 0 Å². The number of alkyl halides is 4. The van der Waals surface area contributed by atoms with E-state index < -0.39 is 56.2 Å². The number of hydrogen-bond acceptors (Lipinski definition) is 6. The molecule has 176 valence electrons. The van der Waals surface area contributed by atoms with Crippen molar-refractivity contribution in [2.24, 2.45) is 28.2 Å². The molecule has 1 aliphatic heterocycles. The zero-order valence-corrected chi connectivity index (χ0v) is 17.9. The molecule has 5 atom stereocenters. The molecule has 1 spiro atoms. The van der Waals surface area contributed by atoms with Crippen molar-refractivity contribution in [2.75, 3.05) is 0 Å². The highest BCUT2D eigenvalue weighted by Gasteiger charge is 2.73. The van der Waals surface area contributed by atoms with Gasteiger partial charge in [-0.3, -0.25) is 14.6 Å². The Morgan fingerprint density at radius 1 is 1.06 bits per heavy atom. The Hall–Kier alpha value is -2.40. The van der Waals surface area contributed by atoms with Gasteiger partial charge in [0.05, 0.1) is 0 Å². The number of ketones is 2. The SMILES string of the molecule is O=C1C=C2C=NC=C3C=CC=CC32C(=O)C1OS(=O)(=O)C(F)(F)C(F)(F)C1CC2CCC1C2. The quantitative estimate of drug-likeness (QED) is 0.338. The van der Waals surface area contributed by atoms with Crippen molar-refractivity contribution in [2.45, 2.75) is 43.0 Å². The summed E-state index contributed by atoms with van der Waals surface area (Å²) in [6.45, 7) is 0. The van der Waals surface area contributed by atoms with E-state index >= 15 is 0 Å². The summed E-state index contributed by atoms with van der Waals surface area (Å²) in [5.41, 5.74) is -1.30. The van der Waals surface area contributed by atoms with Gasteiger partial charge in [-0.25, -0.2) is 4.18 Å². The molecule has 0 aromatic carbocycles. The molecule has 0 saturated heterocycles. The molecule has 5 aliphatic rings. The fourth-order valence-electron chi connectivity index (χ4n) is 5.73. The Bertz CT molecular complexity index is 1200. The van der Waals surface area contributed by atoms with Crippen LogP contribution in [0.3, 0.4) is 0 Å². The number of fused-ring (bicyclic) bond motifs is 2. The molecule has 2 bridgehead atoms. The molecule has 33 heavy (non-hydrogen) atoms. The van der Waals surface area contributed by atoms with E-state index in [4.69, 9.17) is 0 Å². The van der Waals surface area contributed by atoms with E-state index in [2.05, 4.69) is 9.18 Å². The van der Waals surface area contributed by atoms with E-state index in [0.717, 1.165) is 6.08 Å². The van der Waals surface area contributed by atoms with Crippen molar-refractivity contribution in [1.29, 1.82) is 0 Å². The van der Waals surface area contributed by atoms with Crippen LogP contribution in [0.4, 0.5) is 17.6 Å². The highest BCUT2D eigenvalue weighted by atomic mass is 32.2. The van der Waals surface area contributed by atoms with Crippen LogP contribution in [-0.4, -0.2) is 43.5 Å². The summed E-state index contributed by atoms with van der Waals surface area (Å²) in [5.74, 6) is -9.98. The first-order valence-electron chi connectivity index (χ1n) is 10.5. The molecule has 5 unspecified atom stereocenters. The van der Waals surface area contributed by atoms with E-state index in [-0.39, 0.29) is 23.5 Å². The number of carbonyl (C=O) groups excluding carboxylic acids is 2. The van der Waals surface area contributed by atoms with Gasteiger partial charge in [0.25, 0.3) is 0 Å². The molecular formula is C22H19F4NO5S. The minimum Gasteiger partial charge on any atom is -0.294 e. The largest absolute Gasteiger partial charge is 0.431 e. The van der Waals surface area contributed by atoms with Crippen molar-refractivity contribution in [3.05, 3.63) is 47.7 Å². The summed E-state index contributed by atoms with van der Waals surface area (Å²) in [5, 5.41) is -5.62. The summed E-state index contributed by atoms with van der Waals surface area (Å²) in [7, 11) is -6.37. The lowest BCUT2D eigenvalue weighted by Crippen LogP contribution is -2.56. The third kappa shape index (κ3) is 2.94. The molecule has 0 aromatic rings. The van der Waals surface area contributed by atoms with E-state index in [1.807, 2.05) is 0 Å². The molecule has 0 N–H and O–H groups in total. The summed E-state index contributed by atoms with van der Waals surface area (Å²) < 4.78 is 88.9. The Morgan fingerprint density at radius 3 is 2.48 bits per heavy atom. The number of Topliss-reactive ketones (excluding diaryl/α,β-unsaturated/α-hetero) is 1. The lowest BCUT2D eigenvalue weighted by Gasteiger charge is -2.40. The van der Waals surface area contributed by atoms with Gasteiger partial charge in [0.2, 0.25) is 0 Å². The van der Waals surface area contributed by atoms with Crippen LogP contribution in [-0.2, 0) is 23.9 Å². The van der Waals surface area contributed by atoms with Crippen LogP contribution in [0.5, 0.6) is 0 Å². The summed E-state index contributed by atoms with van der Waals surface area (Å²) >= 11 is 0. The smallest absolute Gasteiger partial charge is 0.294 e. The number of hydrogen-bond donors (Lipinski definition) is 0. The molecule has 5 rings (SSSR count). The van der Waals surface area contributed by atoms with Crippen molar-refractivity contribution >= 4 is 27.9 Å². The first kappa shape index (κ1) is 22.4. The summed E-state index contributed by atoms with van der Waals surface area (Å²) in [6.07, 6.45) is 7.85. The van der Waals surface area contributed by atoms with Gasteiger partial charge in [-0.1, -0.05) is 30.7 Å². The molecule has 0 aromatic heterocycles. The van der Waals surface area contributed by atoms with E-state index in [1.165, 1.54) is 30.6 Å². The lowest BCUT2D eigenvalue weighted by molar-refractivity contribution is -0.204. The zero-order valence-electron chi connectivity index (χ0n) is 17.1. The second-order valence-electron chi connectivity index (χ2n) is 9.11. The van der Waals surface area contributed by atoms with Crippen LogP contribution < -0.4 is 0 Å². The van der Waals surface area contributed by atoms with Crippen LogP contribution in [0, 0.1) is 23.2 Å². The second kappa shape index (κ2) is 7.05. The standard InChI is InChI=1S/C22H19F4NO5S/c23-21(24,16-8-12-4-5-13(16)7-12)22(25,26)33(30,31)32-18-17(28)9-15-11-27-10-14-3-1-2-6-20(14,15)19(18)29/h1-3,6,9-13,16,18H,4-5,7-8H2. The topological polar surface area (TPSA) is 89.9 Å². The van der Waals surface area contributed by atoms with Crippen LogP contribution >= 0.6 is 0 Å². The fourth-order valence-corrected chi connectivity index (χ4v) is 6.77. The van der Waals surface area contributed by atoms with Crippen molar-refractivity contribution < 1.29 is 39.8 Å². The van der Waals surface area contributed by atoms with Crippen molar-refractivity contribution in [3.8, 4) is 0 Å². The average Bonchev–Trinajstić information content (AvgIpc) is 3.40. The lowest BCUT2D eigenvalue weighted by atomic mass is 9.64. The highest BCUT2D eigenvalue weighted by Crippen LogP contribution is 2.58. The third-order valence-corrected chi connectivity index (χ3v) is 8.73. The number of aliphatic imine (C=N–C) groups is 1. The number of allylic oxidation sites excluding steroid dienone is 6. The average molecular weight is 485 g/mol. The van der Waals surface area contributed by atoms with Crippen LogP contribution in [0.2, 0.25) is 0 Å². The van der Waals surface area contributed by atoms with Crippen LogP contribution in [0.25, 0.3) is 0 Å². The Labute approximate surface area is 186 Å². The molecule has 1 heterocycles. The first-order valence-corrected chi connectivity index (χ1v) is 11.9. The maximum atomic E-state index is 14.9. The number of halogens is 4. The normalized spacial score (nSPS) is 35.4. The predicted molar refractivity (Wildman–Crippen MR) is 108 cm³/mol. The van der Waals surface area contributed by atoms with Gasteiger partial charge in [0, 0.05) is 18.3 Å². The molecule has 0 radical (unpaired) electrons. The minimum atomic E-state index is -6.37. The first-order chi connectivity index (χ1) is 15.4. The molecule has 4 aliphatic carbocycles. The van der Waals surface area contributed by atoms with E-state index in [9.17, 15) is 35.6 Å². The number of nitrogens with zero attached hydrogens (tertiary/aromatic N) is 1. The molecule has 2 saturated carbocycles. The van der Waals surface area contributed by atoms with Gasteiger partial charge in [-0.2, -0.15) is 26.0 Å². The van der Waals surface area contributed by atoms with Gasteiger partial charge in [-0.15, -0.1) is 0 Å². The summed E-state index contributed by atoms with van der Waals surface area (Å²) in [6, 6.07) is 0. The molecule has 11 heteroatoms. The minimum absolute atomic E-state index is 0.104. The molecule has 2 fully saturated rings.